The molecular formula is C2H10ClN2O2P. The van der Waals surface area contributed by atoms with Crippen molar-refractivity contribution in [3.05, 3.63) is 0 Å². The molecule has 1 atom stereocenters. The highest BCUT2D eigenvalue weighted by Gasteiger charge is 2.11. The number of halogens is 1. The van der Waals surface area contributed by atoms with Crippen molar-refractivity contribution in [1.29, 1.82) is 0 Å². The molecule has 0 aliphatic heterocycles. The summed E-state index contributed by atoms with van der Waals surface area (Å²) in [4.78, 5) is 8.35. The second-order valence-corrected chi connectivity index (χ2v) is 3.41. The highest BCUT2D eigenvalue weighted by atomic mass is 35.5. The maximum absolute atomic E-state index is 10.2. The van der Waals surface area contributed by atoms with E-state index in [2.05, 4.69) is 0 Å². The van der Waals surface area contributed by atoms with Crippen LogP contribution in [0.3, 0.4) is 0 Å². The van der Waals surface area contributed by atoms with E-state index in [1.807, 2.05) is 0 Å². The summed E-state index contributed by atoms with van der Waals surface area (Å²) in [6, 6.07) is 0. The highest BCUT2D eigenvalue weighted by molar-refractivity contribution is 7.52. The van der Waals surface area contributed by atoms with Gasteiger partial charge in [-0.3, -0.25) is 4.57 Å². The van der Waals surface area contributed by atoms with Crippen molar-refractivity contribution in [2.45, 2.75) is 0 Å². The Morgan fingerprint density at radius 2 is 1.75 bits per heavy atom. The molecule has 0 aliphatic rings. The highest BCUT2D eigenvalue weighted by Crippen LogP contribution is 2.30. The summed E-state index contributed by atoms with van der Waals surface area (Å²) < 4.78 is 11.2. The molecule has 0 bridgehead atoms. The molecule has 3 N–H and O–H groups in total. The van der Waals surface area contributed by atoms with Crippen molar-refractivity contribution in [3.8, 4) is 0 Å². The summed E-state index contributed by atoms with van der Waals surface area (Å²) in [5.74, 6) is 0. The van der Waals surface area contributed by atoms with Crippen molar-refractivity contribution in [2.24, 2.45) is 5.50 Å². The molecule has 4 nitrogen and oxygen atoms in total. The van der Waals surface area contributed by atoms with Gasteiger partial charge in [0.25, 0.3) is 0 Å². The van der Waals surface area contributed by atoms with Crippen LogP contribution in [-0.2, 0) is 4.57 Å². The normalized spacial score (nSPS) is 17.1. The molecule has 0 aromatic rings. The minimum Gasteiger partial charge on any atom is -0.322 e. The van der Waals surface area contributed by atoms with Gasteiger partial charge in [-0.05, 0) is 14.1 Å². The second-order valence-electron chi connectivity index (χ2n) is 1.44. The molecule has 8 heavy (non-hydrogen) atoms. The monoisotopic (exact) mass is 160 g/mol. The number of nitrogens with zero attached hydrogens (tertiary/aromatic N) is 1. The fraction of sp³-hybridized carbons (Fsp3) is 1.00. The summed E-state index contributed by atoms with van der Waals surface area (Å²) in [5, 5.41) is 0. The lowest BCUT2D eigenvalue weighted by Crippen LogP contribution is -2.13. The number of rotatable bonds is 1. The minimum atomic E-state index is -3.40. The average Bonchev–Trinajstić information content (AvgIpc) is 1.31. The molecule has 0 aromatic heterocycles. The van der Waals surface area contributed by atoms with Gasteiger partial charge in [-0.25, -0.2) is 10.2 Å². The van der Waals surface area contributed by atoms with Gasteiger partial charge in [0.15, 0.2) is 0 Å². The Morgan fingerprint density at radius 1 is 1.62 bits per heavy atom. The maximum Gasteiger partial charge on any atom is 0.337 e. The van der Waals surface area contributed by atoms with E-state index in [1.54, 1.807) is 0 Å². The first kappa shape index (κ1) is 11.2. The van der Waals surface area contributed by atoms with Gasteiger partial charge in [-0.2, -0.15) is 0 Å². The zero-order valence-electron chi connectivity index (χ0n) is 4.74. The van der Waals surface area contributed by atoms with E-state index in [0.717, 1.165) is 4.67 Å². The fourth-order valence-electron chi connectivity index (χ4n) is 0. The van der Waals surface area contributed by atoms with E-state index in [1.165, 1.54) is 14.1 Å². The Morgan fingerprint density at radius 3 is 1.75 bits per heavy atom. The topological polar surface area (TPSA) is 66.6 Å². The van der Waals surface area contributed by atoms with Crippen LogP contribution >= 0.6 is 20.1 Å². The summed E-state index contributed by atoms with van der Waals surface area (Å²) in [6.45, 7) is 0. The molecule has 0 aliphatic carbocycles. The van der Waals surface area contributed by atoms with Crippen molar-refractivity contribution in [1.82, 2.24) is 4.67 Å². The van der Waals surface area contributed by atoms with Crippen LogP contribution in [-0.4, -0.2) is 23.7 Å². The first-order valence-corrected chi connectivity index (χ1v) is 3.42. The second kappa shape index (κ2) is 3.43. The van der Waals surface area contributed by atoms with Gasteiger partial charge < -0.3 is 4.89 Å². The predicted octanol–water partition coefficient (Wildman–Crippen LogP) is 0.0289. The van der Waals surface area contributed by atoms with Crippen LogP contribution in [0.1, 0.15) is 0 Å². The van der Waals surface area contributed by atoms with Gasteiger partial charge in [0.1, 0.15) is 0 Å². The van der Waals surface area contributed by atoms with Crippen LogP contribution in [0, 0.1) is 0 Å². The van der Waals surface area contributed by atoms with Crippen molar-refractivity contribution in [2.75, 3.05) is 14.1 Å². The average molecular weight is 161 g/mol. The number of hydrogen-bond acceptors (Lipinski definition) is 1. The van der Waals surface area contributed by atoms with Crippen molar-refractivity contribution < 1.29 is 9.46 Å². The van der Waals surface area contributed by atoms with E-state index < -0.39 is 7.67 Å². The van der Waals surface area contributed by atoms with Gasteiger partial charge in [-0.15, -0.1) is 12.4 Å². The predicted molar refractivity (Wildman–Crippen MR) is 34.9 cm³/mol. The van der Waals surface area contributed by atoms with E-state index in [-0.39, 0.29) is 12.4 Å². The van der Waals surface area contributed by atoms with Crippen molar-refractivity contribution in [3.63, 3.8) is 0 Å². The molecular weight excluding hydrogens is 150 g/mol. The lowest BCUT2D eigenvalue weighted by Gasteiger charge is -2.11. The smallest absolute Gasteiger partial charge is 0.322 e. The summed E-state index contributed by atoms with van der Waals surface area (Å²) in [5.41, 5.74) is 4.72. The largest absolute Gasteiger partial charge is 0.337 e. The van der Waals surface area contributed by atoms with Crippen LogP contribution in [0.4, 0.5) is 0 Å². The van der Waals surface area contributed by atoms with Gasteiger partial charge in [0.05, 0.1) is 0 Å². The third-order valence-corrected chi connectivity index (χ3v) is 1.72. The SMILES string of the molecule is CN(C)P(N)(=O)O.Cl. The lowest BCUT2D eigenvalue weighted by molar-refractivity contribution is 0.412. The van der Waals surface area contributed by atoms with Gasteiger partial charge in [-0.1, -0.05) is 0 Å². The summed E-state index contributed by atoms with van der Waals surface area (Å²) in [6.07, 6.45) is 0. The van der Waals surface area contributed by atoms with Crippen LogP contribution < -0.4 is 5.50 Å². The van der Waals surface area contributed by atoms with Gasteiger partial charge in [0.2, 0.25) is 0 Å². The quantitative estimate of drug-likeness (QED) is 0.531. The van der Waals surface area contributed by atoms with Crippen LogP contribution in [0.5, 0.6) is 0 Å². The van der Waals surface area contributed by atoms with Crippen LogP contribution in [0.25, 0.3) is 0 Å². The number of hydrogen-bond donors (Lipinski definition) is 2. The van der Waals surface area contributed by atoms with Crippen LogP contribution in [0.15, 0.2) is 0 Å². The molecule has 52 valence electrons. The third-order valence-electron chi connectivity index (χ3n) is 0.573. The molecule has 0 amide bonds. The first-order valence-electron chi connectivity index (χ1n) is 1.74. The zero-order chi connectivity index (χ0) is 6.08. The Labute approximate surface area is 54.6 Å². The number of nitrogens with two attached hydrogens (primary N) is 1. The fourth-order valence-corrected chi connectivity index (χ4v) is 0. The third kappa shape index (κ3) is 4.56. The minimum absolute atomic E-state index is 0. The first-order chi connectivity index (χ1) is 2.94. The summed E-state index contributed by atoms with van der Waals surface area (Å²) >= 11 is 0. The molecule has 0 aromatic carbocycles. The molecule has 0 rings (SSSR count). The molecule has 0 saturated heterocycles. The molecule has 0 heterocycles. The van der Waals surface area contributed by atoms with E-state index >= 15 is 0 Å². The van der Waals surface area contributed by atoms with Gasteiger partial charge in [0, 0.05) is 0 Å². The van der Waals surface area contributed by atoms with E-state index in [9.17, 15) is 4.57 Å². The Bertz CT molecular complexity index is 100. The Hall–Kier alpha value is 0.400. The molecule has 0 spiro atoms. The van der Waals surface area contributed by atoms with Crippen LogP contribution in [0.2, 0.25) is 0 Å². The van der Waals surface area contributed by atoms with E-state index in [4.69, 9.17) is 10.4 Å². The Balaban J connectivity index is 0. The summed E-state index contributed by atoms with van der Waals surface area (Å²) in [7, 11) is -0.514. The maximum atomic E-state index is 10.2. The molecule has 0 fully saturated rings. The zero-order valence-corrected chi connectivity index (χ0v) is 6.45. The van der Waals surface area contributed by atoms with Crippen molar-refractivity contribution >= 4 is 20.1 Å². The molecule has 0 saturated carbocycles. The Kier molecular flexibility index (Phi) is 4.82. The lowest BCUT2D eigenvalue weighted by atomic mass is 11.3. The standard InChI is InChI=1S/C2H9N2O2P.ClH/c1-4(2)7(3,5)6;/h1-2H3,(H3,3,5,6);1H. The van der Waals surface area contributed by atoms with E-state index in [0.29, 0.717) is 0 Å². The molecule has 0 radical (unpaired) electrons. The van der Waals surface area contributed by atoms with Gasteiger partial charge >= 0.3 is 7.67 Å². The molecule has 6 heteroatoms. The molecule has 1 unspecified atom stereocenters.